The highest BCUT2D eigenvalue weighted by molar-refractivity contribution is 5.89. The predicted molar refractivity (Wildman–Crippen MR) is 108 cm³/mol. The number of rotatable bonds is 6. The van der Waals surface area contributed by atoms with Gasteiger partial charge in [0.25, 0.3) is 5.56 Å². The number of hydrogen-bond donors (Lipinski definition) is 2. The molecule has 0 bridgehead atoms. The van der Waals surface area contributed by atoms with Crippen LogP contribution in [0.15, 0.2) is 59.7 Å². The summed E-state index contributed by atoms with van der Waals surface area (Å²) in [5.74, 6) is -1.46. The maximum atomic E-state index is 13.8. The maximum absolute atomic E-state index is 13.8. The van der Waals surface area contributed by atoms with Crippen LogP contribution in [0.4, 0.5) is 10.2 Å². The number of ether oxygens (including phenoxy) is 1. The topological polar surface area (TPSA) is 93.5 Å². The molecule has 0 atom stereocenters. The van der Waals surface area contributed by atoms with Crippen molar-refractivity contribution < 1.29 is 19.0 Å². The molecule has 8 heteroatoms. The number of anilines is 1. The fourth-order valence-electron chi connectivity index (χ4n) is 3.48. The molecule has 1 fully saturated rings. The predicted octanol–water partition coefficient (Wildman–Crippen LogP) is 3.02. The maximum Gasteiger partial charge on any atom is 0.337 e. The number of aromatic hydroxyl groups is 1. The minimum Gasteiger partial charge on any atom is -0.505 e. The van der Waals surface area contributed by atoms with Crippen LogP contribution >= 0.6 is 0 Å². The van der Waals surface area contributed by atoms with Crippen LogP contribution in [0, 0.1) is 5.82 Å². The monoisotopic (exact) mass is 409 g/mol. The Morgan fingerprint density at radius 2 is 2.07 bits per heavy atom. The quantitative estimate of drug-likeness (QED) is 0.608. The summed E-state index contributed by atoms with van der Waals surface area (Å²) in [4.78, 5) is 28.8. The lowest BCUT2D eigenvalue weighted by Crippen LogP contribution is -2.29. The summed E-state index contributed by atoms with van der Waals surface area (Å²) in [7, 11) is 1.31. The van der Waals surface area contributed by atoms with Gasteiger partial charge in [0, 0.05) is 18.0 Å². The van der Waals surface area contributed by atoms with Gasteiger partial charge in [0.2, 0.25) is 0 Å². The summed E-state index contributed by atoms with van der Waals surface area (Å²) in [6.45, 7) is 0.235. The van der Waals surface area contributed by atoms with E-state index in [-0.39, 0.29) is 17.9 Å². The van der Waals surface area contributed by atoms with Gasteiger partial charge in [0.05, 0.1) is 24.8 Å². The van der Waals surface area contributed by atoms with Crippen LogP contribution in [0.1, 0.15) is 34.3 Å². The lowest BCUT2D eigenvalue weighted by Gasteiger charge is -2.20. The van der Waals surface area contributed by atoms with Crippen molar-refractivity contribution in [1.82, 2.24) is 9.55 Å². The lowest BCUT2D eigenvalue weighted by atomic mass is 10.0. The number of para-hydroxylation sites is 1. The van der Waals surface area contributed by atoms with Crippen molar-refractivity contribution in [2.24, 2.45) is 0 Å². The van der Waals surface area contributed by atoms with Gasteiger partial charge in [-0.05, 0) is 36.6 Å². The smallest absolute Gasteiger partial charge is 0.337 e. The molecule has 7 nitrogen and oxygen atoms in total. The van der Waals surface area contributed by atoms with Crippen molar-refractivity contribution in [1.29, 1.82) is 0 Å². The fraction of sp³-hybridized carbons (Fsp3) is 0.227. The molecule has 1 heterocycles. The van der Waals surface area contributed by atoms with Crippen LogP contribution in [0.25, 0.3) is 0 Å². The second-order valence-corrected chi connectivity index (χ2v) is 7.24. The zero-order chi connectivity index (χ0) is 21.3. The van der Waals surface area contributed by atoms with Crippen LogP contribution in [0.2, 0.25) is 0 Å². The summed E-state index contributed by atoms with van der Waals surface area (Å²) >= 11 is 0. The van der Waals surface area contributed by atoms with E-state index < -0.39 is 23.1 Å². The molecule has 0 aliphatic heterocycles. The van der Waals surface area contributed by atoms with Gasteiger partial charge in [-0.1, -0.05) is 24.3 Å². The van der Waals surface area contributed by atoms with Gasteiger partial charge in [-0.2, -0.15) is 0 Å². The number of carbonyl (C=O) groups excluding carboxylic acids is 1. The van der Waals surface area contributed by atoms with E-state index in [1.807, 2.05) is 0 Å². The molecule has 30 heavy (non-hydrogen) atoms. The first-order chi connectivity index (χ1) is 14.4. The van der Waals surface area contributed by atoms with Gasteiger partial charge in [-0.25, -0.2) is 14.2 Å². The minimum atomic E-state index is -0.720. The van der Waals surface area contributed by atoms with Crippen molar-refractivity contribution in [2.75, 3.05) is 12.4 Å². The number of aromatic nitrogens is 2. The Kier molecular flexibility index (Phi) is 4.99. The molecule has 0 amide bonds. The highest BCUT2D eigenvalue weighted by atomic mass is 19.1. The molecule has 2 N–H and O–H groups in total. The average Bonchev–Trinajstić information content (AvgIpc) is 3.53. The summed E-state index contributed by atoms with van der Waals surface area (Å²) in [6.07, 6.45) is 4.33. The zero-order valence-electron chi connectivity index (χ0n) is 16.3. The molecule has 1 aromatic heterocycles. The Morgan fingerprint density at radius 3 is 2.80 bits per heavy atom. The van der Waals surface area contributed by atoms with Gasteiger partial charge in [-0.3, -0.25) is 4.79 Å². The molecule has 3 aromatic rings. The molecule has 1 aliphatic rings. The van der Waals surface area contributed by atoms with Gasteiger partial charge < -0.3 is 19.7 Å². The number of phenols is 1. The number of benzene rings is 2. The molecule has 154 valence electrons. The van der Waals surface area contributed by atoms with Crippen LogP contribution < -0.4 is 10.9 Å². The highest BCUT2D eigenvalue weighted by Crippen LogP contribution is 2.50. The molecule has 2 aromatic carbocycles. The number of phenolic OH excluding ortho intramolecular Hbond substituents is 1. The van der Waals surface area contributed by atoms with E-state index in [2.05, 4.69) is 10.3 Å². The fourth-order valence-corrected chi connectivity index (χ4v) is 3.48. The number of esters is 1. The summed E-state index contributed by atoms with van der Waals surface area (Å²) in [5, 5.41) is 13.2. The normalized spacial score (nSPS) is 14.2. The van der Waals surface area contributed by atoms with Gasteiger partial charge in [0.1, 0.15) is 0 Å². The number of nitrogens with one attached hydrogen (secondary N) is 1. The summed E-state index contributed by atoms with van der Waals surface area (Å²) in [6, 6.07) is 11.2. The molecule has 1 aliphatic carbocycles. The van der Waals surface area contributed by atoms with Gasteiger partial charge in [-0.15, -0.1) is 0 Å². The van der Waals surface area contributed by atoms with Crippen LogP contribution in [-0.4, -0.2) is 27.7 Å². The summed E-state index contributed by atoms with van der Waals surface area (Å²) in [5.41, 5.74) is 0.477. The van der Waals surface area contributed by atoms with Crippen molar-refractivity contribution in [3.63, 3.8) is 0 Å². The van der Waals surface area contributed by atoms with E-state index in [1.54, 1.807) is 36.5 Å². The van der Waals surface area contributed by atoms with E-state index in [0.29, 0.717) is 24.0 Å². The highest BCUT2D eigenvalue weighted by Gasteiger charge is 2.47. The first-order valence-electron chi connectivity index (χ1n) is 9.42. The molecular weight excluding hydrogens is 389 g/mol. The molecule has 0 unspecified atom stereocenters. The molecule has 4 rings (SSSR count). The third-order valence-electron chi connectivity index (χ3n) is 5.22. The Hall–Kier alpha value is -3.68. The molecule has 0 radical (unpaired) electrons. The van der Waals surface area contributed by atoms with Crippen molar-refractivity contribution in [2.45, 2.75) is 24.9 Å². The van der Waals surface area contributed by atoms with E-state index in [9.17, 15) is 19.1 Å². The molecule has 1 saturated carbocycles. The van der Waals surface area contributed by atoms with Crippen LogP contribution in [-0.2, 0) is 16.8 Å². The second-order valence-electron chi connectivity index (χ2n) is 7.24. The zero-order valence-corrected chi connectivity index (χ0v) is 16.3. The standard InChI is InChI=1S/C22H20FN3O4/c1-30-21(29)15-5-2-4-14(12-15)13-26-11-10-24-19(20(26)28)25-22(8-9-22)16-6-3-7-17(23)18(16)27/h2-7,10-12,27H,8-9,13H2,1H3,(H,24,25). The average molecular weight is 409 g/mol. The largest absolute Gasteiger partial charge is 0.505 e. The van der Waals surface area contributed by atoms with E-state index in [4.69, 9.17) is 4.74 Å². The van der Waals surface area contributed by atoms with E-state index in [0.717, 1.165) is 5.56 Å². The van der Waals surface area contributed by atoms with Crippen molar-refractivity contribution >= 4 is 11.8 Å². The van der Waals surface area contributed by atoms with Crippen LogP contribution in [0.3, 0.4) is 0 Å². The number of hydrogen-bond acceptors (Lipinski definition) is 6. The first kappa shape index (κ1) is 19.6. The Bertz CT molecular complexity index is 1170. The third kappa shape index (κ3) is 3.63. The molecule has 0 saturated heterocycles. The SMILES string of the molecule is COC(=O)c1cccc(Cn2ccnc(NC3(c4cccc(F)c4O)CC3)c2=O)c1. The minimum absolute atomic E-state index is 0.114. The van der Waals surface area contributed by atoms with Gasteiger partial charge in [0.15, 0.2) is 17.4 Å². The van der Waals surface area contributed by atoms with Crippen molar-refractivity contribution in [3.05, 3.63) is 87.7 Å². The molecule has 0 spiro atoms. The molecular formula is C22H20FN3O4. The third-order valence-corrected chi connectivity index (χ3v) is 5.22. The lowest BCUT2D eigenvalue weighted by molar-refractivity contribution is 0.0600. The van der Waals surface area contributed by atoms with E-state index in [1.165, 1.54) is 30.0 Å². The number of methoxy groups -OCH3 is 1. The number of nitrogens with zero attached hydrogens (tertiary/aromatic N) is 2. The van der Waals surface area contributed by atoms with Crippen LogP contribution in [0.5, 0.6) is 5.75 Å². The Morgan fingerprint density at radius 1 is 1.30 bits per heavy atom. The Balaban J connectivity index is 1.61. The van der Waals surface area contributed by atoms with Crippen molar-refractivity contribution in [3.8, 4) is 5.75 Å². The number of carbonyl (C=O) groups is 1. The van der Waals surface area contributed by atoms with E-state index >= 15 is 0 Å². The summed E-state index contributed by atoms with van der Waals surface area (Å²) < 4.78 is 20.0. The first-order valence-corrected chi connectivity index (χ1v) is 9.42. The van der Waals surface area contributed by atoms with Gasteiger partial charge >= 0.3 is 5.97 Å². The second kappa shape index (κ2) is 7.62. The Labute approximate surface area is 171 Å². The number of halogens is 1.